The second kappa shape index (κ2) is 6.98. The molecule has 0 fully saturated rings. The Bertz CT molecular complexity index is 482. The summed E-state index contributed by atoms with van der Waals surface area (Å²) in [4.78, 5) is 36.7. The van der Waals surface area contributed by atoms with Crippen LogP contribution in [0.1, 0.15) is 27.2 Å². The number of nitrogens with zero attached hydrogens (tertiary/aromatic N) is 1. The van der Waals surface area contributed by atoms with Crippen molar-refractivity contribution in [3.05, 3.63) is 36.2 Å². The van der Waals surface area contributed by atoms with Crippen LogP contribution in [0.3, 0.4) is 0 Å². The summed E-state index contributed by atoms with van der Waals surface area (Å²) in [6, 6.07) is 9.24. The monoisotopic (exact) mass is 274 g/mol. The fraction of sp³-hybridized carbons (Fsp3) is 0.375. The molecule has 0 saturated carbocycles. The van der Waals surface area contributed by atoms with Crippen molar-refractivity contribution >= 4 is 23.2 Å². The van der Waals surface area contributed by atoms with Gasteiger partial charge in [-0.05, 0) is 39.3 Å². The second-order valence-corrected chi connectivity index (χ2v) is 4.96. The minimum Gasteiger partial charge on any atom is -0.315 e. The van der Waals surface area contributed by atoms with Gasteiger partial charge in [-0.25, -0.2) is 0 Å². The highest BCUT2D eigenvalue weighted by molar-refractivity contribution is 6.05. The zero-order chi connectivity index (χ0) is 15.3. The fourth-order valence-electron chi connectivity index (χ4n) is 2.02. The molecule has 0 heterocycles. The second-order valence-electron chi connectivity index (χ2n) is 4.96. The lowest BCUT2D eigenvalue weighted by atomic mass is 9.89. The summed E-state index contributed by atoms with van der Waals surface area (Å²) >= 11 is 0. The maximum absolute atomic E-state index is 12.3. The molecule has 1 rings (SSSR count). The molecule has 1 aromatic rings. The van der Waals surface area contributed by atoms with Crippen LogP contribution in [-0.2, 0) is 14.4 Å². The number of anilines is 1. The van der Waals surface area contributed by atoms with Crippen LogP contribution in [0, 0.1) is 11.8 Å². The quantitative estimate of drug-likeness (QED) is 0.749. The molecule has 0 saturated heterocycles. The number of amides is 1. The van der Waals surface area contributed by atoms with E-state index in [1.165, 1.54) is 18.7 Å². The van der Waals surface area contributed by atoms with E-state index < -0.39 is 5.92 Å². The van der Waals surface area contributed by atoms with Crippen molar-refractivity contribution in [2.24, 2.45) is 5.92 Å². The number of ketones is 2. The van der Waals surface area contributed by atoms with Gasteiger partial charge in [-0.15, -0.1) is 0 Å². The summed E-state index contributed by atoms with van der Waals surface area (Å²) in [5.41, 5.74) is 0.777. The molecule has 107 valence electrons. The van der Waals surface area contributed by atoms with Gasteiger partial charge in [0.1, 0.15) is 11.6 Å². The molecule has 0 bridgehead atoms. The smallest absolute Gasteiger partial charge is 0.233 e. The van der Waals surface area contributed by atoms with Crippen molar-refractivity contribution in [1.82, 2.24) is 0 Å². The van der Waals surface area contributed by atoms with Gasteiger partial charge >= 0.3 is 0 Å². The van der Waals surface area contributed by atoms with Gasteiger partial charge in [0.05, 0.1) is 11.8 Å². The molecule has 0 aromatic heterocycles. The Morgan fingerprint density at radius 3 is 1.95 bits per heavy atom. The van der Waals surface area contributed by atoms with Crippen molar-refractivity contribution in [2.75, 3.05) is 11.9 Å². The van der Waals surface area contributed by atoms with Gasteiger partial charge in [-0.3, -0.25) is 14.4 Å². The zero-order valence-electron chi connectivity index (χ0n) is 12.3. The van der Waals surface area contributed by atoms with Crippen LogP contribution < -0.4 is 4.90 Å². The highest BCUT2D eigenvalue weighted by Gasteiger charge is 2.27. The zero-order valence-corrected chi connectivity index (χ0v) is 12.3. The molecule has 1 amide bonds. The third-order valence-corrected chi connectivity index (χ3v) is 3.30. The first-order valence-corrected chi connectivity index (χ1v) is 6.51. The maximum atomic E-state index is 12.3. The standard InChI is InChI=1S/C16H20NO3/c1-11(10-15(12(2)18)13(3)19)16(20)17(4)14-8-6-5-7-9-14/h5-9,15H,10H2,1-4H3. The molecule has 0 N–H and O–H groups in total. The van der Waals surface area contributed by atoms with E-state index in [4.69, 9.17) is 0 Å². The highest BCUT2D eigenvalue weighted by Crippen LogP contribution is 2.21. The van der Waals surface area contributed by atoms with Crippen molar-refractivity contribution in [1.29, 1.82) is 0 Å². The van der Waals surface area contributed by atoms with Gasteiger partial charge < -0.3 is 4.90 Å². The summed E-state index contributed by atoms with van der Waals surface area (Å²) in [6.45, 7) is 4.43. The van der Waals surface area contributed by atoms with Crippen LogP contribution in [-0.4, -0.2) is 24.5 Å². The summed E-state index contributed by atoms with van der Waals surface area (Å²) in [5, 5.41) is 0. The first-order valence-electron chi connectivity index (χ1n) is 6.51. The van der Waals surface area contributed by atoms with Crippen LogP contribution in [0.15, 0.2) is 30.3 Å². The number of hydrogen-bond acceptors (Lipinski definition) is 3. The minimum atomic E-state index is -0.719. The molecular weight excluding hydrogens is 254 g/mol. The molecule has 0 aliphatic heterocycles. The van der Waals surface area contributed by atoms with Crippen LogP contribution in [0.2, 0.25) is 0 Å². The SMILES string of the molecule is C[C](CC(C(C)=O)C(C)=O)C(=O)N(C)c1ccccc1. The predicted molar refractivity (Wildman–Crippen MR) is 78.2 cm³/mol. The molecule has 0 unspecified atom stereocenters. The molecule has 0 atom stereocenters. The van der Waals surface area contributed by atoms with Crippen molar-refractivity contribution in [2.45, 2.75) is 27.2 Å². The van der Waals surface area contributed by atoms with Gasteiger partial charge in [0.25, 0.3) is 0 Å². The lowest BCUT2D eigenvalue weighted by Crippen LogP contribution is -2.33. The third kappa shape index (κ3) is 4.02. The number of Topliss-reactive ketones (excluding diaryl/α,β-unsaturated/α-hetero) is 2. The van der Waals surface area contributed by atoms with E-state index in [0.717, 1.165) is 5.69 Å². The summed E-state index contributed by atoms with van der Waals surface area (Å²) in [5.74, 6) is -0.794. The van der Waals surface area contributed by atoms with Crippen molar-refractivity contribution < 1.29 is 14.4 Å². The van der Waals surface area contributed by atoms with E-state index in [1.54, 1.807) is 14.0 Å². The molecule has 4 heteroatoms. The van der Waals surface area contributed by atoms with Crippen LogP contribution in [0.25, 0.3) is 0 Å². The van der Waals surface area contributed by atoms with Crippen LogP contribution in [0.4, 0.5) is 5.69 Å². The summed E-state index contributed by atoms with van der Waals surface area (Å²) < 4.78 is 0. The molecular formula is C16H20NO3. The number of rotatable bonds is 6. The van der Waals surface area contributed by atoms with E-state index in [-0.39, 0.29) is 23.9 Å². The third-order valence-electron chi connectivity index (χ3n) is 3.30. The number of carbonyl (C=O) groups is 3. The predicted octanol–water partition coefficient (Wildman–Crippen LogP) is 2.43. The number of hydrogen-bond donors (Lipinski definition) is 0. The van der Waals surface area contributed by atoms with Crippen molar-refractivity contribution in [3.63, 3.8) is 0 Å². The topological polar surface area (TPSA) is 54.5 Å². The van der Waals surface area contributed by atoms with Crippen LogP contribution >= 0.6 is 0 Å². The Hall–Kier alpha value is -1.97. The van der Waals surface area contributed by atoms with Crippen LogP contribution in [0.5, 0.6) is 0 Å². The Labute approximate surface area is 119 Å². The Kier molecular flexibility index (Phi) is 5.62. The Balaban J connectivity index is 2.76. The minimum absolute atomic E-state index is 0.177. The average molecular weight is 274 g/mol. The summed E-state index contributed by atoms with van der Waals surface area (Å²) in [7, 11) is 1.68. The Morgan fingerprint density at radius 2 is 1.50 bits per heavy atom. The lowest BCUT2D eigenvalue weighted by Gasteiger charge is -2.22. The van der Waals surface area contributed by atoms with Gasteiger partial charge in [0.15, 0.2) is 0 Å². The number of carbonyl (C=O) groups excluding carboxylic acids is 3. The van der Waals surface area contributed by atoms with Gasteiger partial charge in [-0.2, -0.15) is 0 Å². The molecule has 20 heavy (non-hydrogen) atoms. The van der Waals surface area contributed by atoms with Gasteiger partial charge in [0, 0.05) is 12.7 Å². The fourth-order valence-corrected chi connectivity index (χ4v) is 2.02. The first kappa shape index (κ1) is 16.1. The Morgan fingerprint density at radius 1 is 1.00 bits per heavy atom. The van der Waals surface area contributed by atoms with Crippen molar-refractivity contribution in [3.8, 4) is 0 Å². The normalized spacial score (nSPS) is 10.7. The van der Waals surface area contributed by atoms with E-state index in [9.17, 15) is 14.4 Å². The molecule has 1 radical (unpaired) electrons. The first-order chi connectivity index (χ1) is 9.34. The highest BCUT2D eigenvalue weighted by atomic mass is 16.2. The van der Waals surface area contributed by atoms with E-state index in [2.05, 4.69) is 0 Å². The van der Waals surface area contributed by atoms with Gasteiger partial charge in [0.2, 0.25) is 5.91 Å². The van der Waals surface area contributed by atoms with E-state index >= 15 is 0 Å². The van der Waals surface area contributed by atoms with Gasteiger partial charge in [-0.1, -0.05) is 18.2 Å². The maximum Gasteiger partial charge on any atom is 0.233 e. The van der Waals surface area contributed by atoms with E-state index in [0.29, 0.717) is 5.92 Å². The lowest BCUT2D eigenvalue weighted by molar-refractivity contribution is -0.130. The average Bonchev–Trinajstić information content (AvgIpc) is 2.43. The largest absolute Gasteiger partial charge is 0.315 e. The molecule has 4 nitrogen and oxygen atoms in total. The number of benzene rings is 1. The molecule has 1 aromatic carbocycles. The summed E-state index contributed by atoms with van der Waals surface area (Å²) in [6.07, 6.45) is 0.181. The molecule has 0 spiro atoms. The number of para-hydroxylation sites is 1. The van der Waals surface area contributed by atoms with E-state index in [1.807, 2.05) is 30.3 Å². The molecule has 0 aliphatic carbocycles. The molecule has 0 aliphatic rings.